The van der Waals surface area contributed by atoms with Crippen LogP contribution in [0.2, 0.25) is 0 Å². The van der Waals surface area contributed by atoms with Crippen molar-refractivity contribution in [3.63, 3.8) is 0 Å². The predicted molar refractivity (Wildman–Crippen MR) is 96.9 cm³/mol. The average molecular weight is 373 g/mol. The van der Waals surface area contributed by atoms with Gasteiger partial charge in [0.2, 0.25) is 11.8 Å². The van der Waals surface area contributed by atoms with E-state index in [1.165, 1.54) is 23.2 Å². The summed E-state index contributed by atoms with van der Waals surface area (Å²) < 4.78 is 6.45. The highest BCUT2D eigenvalue weighted by Gasteiger charge is 2.19. The summed E-state index contributed by atoms with van der Waals surface area (Å²) in [5, 5.41) is 12.3. The normalized spacial score (nSPS) is 15.3. The first-order valence-corrected chi connectivity index (χ1v) is 8.98. The Morgan fingerprint density at radius 2 is 2.11 bits per heavy atom. The van der Waals surface area contributed by atoms with Crippen molar-refractivity contribution in [2.45, 2.75) is 51.2 Å². The first-order chi connectivity index (χ1) is 13.0. The monoisotopic (exact) mass is 373 g/mol. The quantitative estimate of drug-likeness (QED) is 0.676. The molecule has 0 bridgehead atoms. The van der Waals surface area contributed by atoms with E-state index < -0.39 is 17.9 Å². The molecule has 2 heterocycles. The third-order valence-corrected chi connectivity index (χ3v) is 4.41. The fourth-order valence-electron chi connectivity index (χ4n) is 3.00. The Bertz CT molecular complexity index is 793. The summed E-state index contributed by atoms with van der Waals surface area (Å²) in [4.78, 5) is 36.1. The molecule has 1 aliphatic carbocycles. The van der Waals surface area contributed by atoms with Crippen LogP contribution in [0.25, 0.3) is 0 Å². The molecule has 0 radical (unpaired) electrons. The molecule has 9 nitrogen and oxygen atoms in total. The molecule has 1 fully saturated rings. The molecular formula is C18H23N5O4. The van der Waals surface area contributed by atoms with Crippen LogP contribution < -0.4 is 16.0 Å². The van der Waals surface area contributed by atoms with E-state index in [4.69, 9.17) is 4.42 Å². The molecule has 2 aromatic rings. The van der Waals surface area contributed by atoms with Crippen LogP contribution in [0.3, 0.4) is 0 Å². The number of carbonyl (C=O) groups is 3. The van der Waals surface area contributed by atoms with Gasteiger partial charge in [-0.25, -0.2) is 0 Å². The highest BCUT2D eigenvalue weighted by Crippen LogP contribution is 2.17. The lowest BCUT2D eigenvalue weighted by atomic mass is 10.2. The van der Waals surface area contributed by atoms with Crippen molar-refractivity contribution in [1.82, 2.24) is 20.4 Å². The summed E-state index contributed by atoms with van der Waals surface area (Å²) in [6, 6.07) is 2.60. The number of amides is 3. The average Bonchev–Trinajstić information content (AvgIpc) is 3.37. The number of carbonyl (C=O) groups excluding carboxylic acids is 3. The van der Waals surface area contributed by atoms with Gasteiger partial charge in [0.25, 0.3) is 5.91 Å². The van der Waals surface area contributed by atoms with Gasteiger partial charge in [0, 0.05) is 12.2 Å². The second kappa shape index (κ2) is 8.52. The zero-order valence-corrected chi connectivity index (χ0v) is 15.1. The Balaban J connectivity index is 1.46. The Hall–Kier alpha value is -3.10. The molecule has 0 saturated heterocycles. The van der Waals surface area contributed by atoms with E-state index in [2.05, 4.69) is 21.0 Å². The van der Waals surface area contributed by atoms with Crippen molar-refractivity contribution >= 4 is 23.4 Å². The summed E-state index contributed by atoms with van der Waals surface area (Å²) in [6.45, 7) is 1.66. The van der Waals surface area contributed by atoms with Crippen LogP contribution in [0.4, 0.5) is 5.69 Å². The molecule has 0 aliphatic heterocycles. The first-order valence-electron chi connectivity index (χ1n) is 8.98. The fourth-order valence-corrected chi connectivity index (χ4v) is 3.00. The molecule has 144 valence electrons. The number of nitrogens with zero attached hydrogens (tertiary/aromatic N) is 2. The van der Waals surface area contributed by atoms with Crippen LogP contribution in [0, 0.1) is 0 Å². The van der Waals surface area contributed by atoms with Crippen molar-refractivity contribution in [3.05, 3.63) is 36.5 Å². The van der Waals surface area contributed by atoms with Crippen molar-refractivity contribution in [2.75, 3.05) is 5.32 Å². The number of anilines is 1. The molecule has 3 rings (SSSR count). The van der Waals surface area contributed by atoms with Gasteiger partial charge in [0.05, 0.1) is 18.1 Å². The lowest BCUT2D eigenvalue weighted by Gasteiger charge is -2.12. The van der Waals surface area contributed by atoms with Crippen molar-refractivity contribution in [2.24, 2.45) is 0 Å². The highest BCUT2D eigenvalue weighted by molar-refractivity contribution is 5.99. The molecule has 1 unspecified atom stereocenters. The molecule has 3 amide bonds. The molecule has 9 heteroatoms. The van der Waals surface area contributed by atoms with E-state index in [1.807, 2.05) is 0 Å². The summed E-state index contributed by atoms with van der Waals surface area (Å²) in [5.41, 5.74) is 0.452. The molecular weight excluding hydrogens is 350 g/mol. The second-order valence-corrected chi connectivity index (χ2v) is 6.64. The Kier molecular flexibility index (Phi) is 5.90. The van der Waals surface area contributed by atoms with Gasteiger partial charge in [-0.3, -0.25) is 19.1 Å². The number of hydrogen-bond acceptors (Lipinski definition) is 5. The smallest absolute Gasteiger partial charge is 0.287 e. The highest BCUT2D eigenvalue weighted by atomic mass is 16.3. The minimum Gasteiger partial charge on any atom is -0.459 e. The fraction of sp³-hybridized carbons (Fsp3) is 0.444. The van der Waals surface area contributed by atoms with Gasteiger partial charge in [-0.1, -0.05) is 12.8 Å². The van der Waals surface area contributed by atoms with Gasteiger partial charge in [-0.15, -0.1) is 0 Å². The van der Waals surface area contributed by atoms with Crippen LogP contribution >= 0.6 is 0 Å². The Morgan fingerprint density at radius 3 is 2.81 bits per heavy atom. The Morgan fingerprint density at radius 1 is 1.33 bits per heavy atom. The number of furan rings is 1. The van der Waals surface area contributed by atoms with Crippen LogP contribution in [0.15, 0.2) is 35.2 Å². The van der Waals surface area contributed by atoms with Gasteiger partial charge in [0.1, 0.15) is 12.6 Å². The van der Waals surface area contributed by atoms with Crippen molar-refractivity contribution < 1.29 is 18.8 Å². The third kappa shape index (κ3) is 5.19. The van der Waals surface area contributed by atoms with Crippen LogP contribution in [0.1, 0.15) is 43.2 Å². The third-order valence-electron chi connectivity index (χ3n) is 4.41. The standard InChI is InChI=1S/C18H23N5O4/c1-12(20-18(26)15-7-4-8-27-15)17(25)22-14-9-19-23(10-14)11-16(24)21-13-5-2-3-6-13/h4,7-10,12-13H,2-3,5-6,11H2,1H3,(H,20,26)(H,21,24)(H,22,25). The maximum Gasteiger partial charge on any atom is 0.287 e. The molecule has 1 aliphatic rings. The van der Waals surface area contributed by atoms with Crippen molar-refractivity contribution in [3.8, 4) is 0 Å². The summed E-state index contributed by atoms with van der Waals surface area (Å²) in [7, 11) is 0. The lowest BCUT2D eigenvalue weighted by molar-refractivity contribution is -0.122. The van der Waals surface area contributed by atoms with E-state index in [1.54, 1.807) is 19.2 Å². The molecule has 1 saturated carbocycles. The molecule has 1 atom stereocenters. The zero-order valence-electron chi connectivity index (χ0n) is 15.1. The van der Waals surface area contributed by atoms with Gasteiger partial charge in [-0.2, -0.15) is 5.10 Å². The molecule has 2 aromatic heterocycles. The van der Waals surface area contributed by atoms with Gasteiger partial charge >= 0.3 is 0 Å². The summed E-state index contributed by atoms with van der Waals surface area (Å²) in [6.07, 6.45) is 8.77. The van der Waals surface area contributed by atoms with E-state index in [0.717, 1.165) is 25.7 Å². The first kappa shape index (κ1) is 18.7. The zero-order chi connectivity index (χ0) is 19.2. The maximum atomic E-state index is 12.2. The minimum absolute atomic E-state index is 0.0944. The van der Waals surface area contributed by atoms with E-state index in [9.17, 15) is 14.4 Å². The van der Waals surface area contributed by atoms with Crippen molar-refractivity contribution in [1.29, 1.82) is 0 Å². The summed E-state index contributed by atoms with van der Waals surface area (Å²) in [5.74, 6) is -0.829. The maximum absolute atomic E-state index is 12.2. The number of hydrogen-bond donors (Lipinski definition) is 3. The lowest BCUT2D eigenvalue weighted by Crippen LogP contribution is -2.41. The minimum atomic E-state index is -0.767. The van der Waals surface area contributed by atoms with Gasteiger partial charge < -0.3 is 20.4 Å². The van der Waals surface area contributed by atoms with Crippen LogP contribution in [-0.4, -0.2) is 39.6 Å². The van der Waals surface area contributed by atoms with Crippen LogP contribution in [0.5, 0.6) is 0 Å². The topological polar surface area (TPSA) is 118 Å². The van der Waals surface area contributed by atoms with Crippen LogP contribution in [-0.2, 0) is 16.1 Å². The largest absolute Gasteiger partial charge is 0.459 e. The number of aromatic nitrogens is 2. The molecule has 3 N–H and O–H groups in total. The Labute approximate surface area is 156 Å². The summed E-state index contributed by atoms with van der Waals surface area (Å²) >= 11 is 0. The predicted octanol–water partition coefficient (Wildman–Crippen LogP) is 1.29. The van der Waals surface area contributed by atoms with E-state index in [-0.39, 0.29) is 24.3 Å². The number of nitrogens with one attached hydrogen (secondary N) is 3. The van der Waals surface area contributed by atoms with E-state index >= 15 is 0 Å². The second-order valence-electron chi connectivity index (χ2n) is 6.64. The van der Waals surface area contributed by atoms with E-state index in [0.29, 0.717) is 5.69 Å². The molecule has 0 spiro atoms. The van der Waals surface area contributed by atoms with Gasteiger partial charge in [-0.05, 0) is 31.9 Å². The SMILES string of the molecule is CC(NC(=O)c1ccco1)C(=O)Nc1cnn(CC(=O)NC2CCCC2)c1. The number of rotatable bonds is 7. The molecule has 27 heavy (non-hydrogen) atoms. The molecule has 0 aromatic carbocycles. The van der Waals surface area contributed by atoms with Gasteiger partial charge in [0.15, 0.2) is 5.76 Å².